The lowest BCUT2D eigenvalue weighted by Crippen LogP contribution is -2.40. The summed E-state index contributed by atoms with van der Waals surface area (Å²) >= 11 is 0. The molecule has 1 rings (SSSR count). The number of nitrogens with one attached hydrogen (secondary N) is 1. The molecule has 1 aromatic carbocycles. The Morgan fingerprint density at radius 1 is 1.17 bits per heavy atom. The van der Waals surface area contributed by atoms with E-state index < -0.39 is 6.04 Å². The Morgan fingerprint density at radius 3 is 2.12 bits per heavy atom. The molecule has 0 fully saturated rings. The number of anilines is 1. The van der Waals surface area contributed by atoms with Gasteiger partial charge in [0.1, 0.15) is 0 Å². The van der Waals surface area contributed by atoms with Crippen molar-refractivity contribution in [1.29, 1.82) is 0 Å². The van der Waals surface area contributed by atoms with E-state index in [-0.39, 0.29) is 36.2 Å². The van der Waals surface area contributed by atoms with E-state index in [1.807, 2.05) is 52.0 Å². The van der Waals surface area contributed by atoms with Crippen LogP contribution in [-0.2, 0) is 16.1 Å². The second-order valence-corrected chi connectivity index (χ2v) is 6.34. The monoisotopic (exact) mass is 355 g/mol. The number of hydrogen-bond donors (Lipinski definition) is 2. The van der Waals surface area contributed by atoms with Crippen molar-refractivity contribution in [3.63, 3.8) is 0 Å². The molecule has 0 heterocycles. The Hall–Kier alpha value is -1.59. The van der Waals surface area contributed by atoms with E-state index in [0.717, 1.165) is 17.7 Å². The Labute approximate surface area is 151 Å². The van der Waals surface area contributed by atoms with E-state index in [2.05, 4.69) is 5.32 Å². The molecule has 0 spiro atoms. The first-order chi connectivity index (χ1) is 10.8. The Morgan fingerprint density at radius 2 is 1.71 bits per heavy atom. The highest BCUT2D eigenvalue weighted by molar-refractivity contribution is 5.94. The number of carbonyl (C=O) groups is 2. The summed E-state index contributed by atoms with van der Waals surface area (Å²) in [6, 6.07) is 7.17. The zero-order valence-corrected chi connectivity index (χ0v) is 16.0. The van der Waals surface area contributed by atoms with Crippen molar-refractivity contribution in [2.24, 2.45) is 11.7 Å². The first kappa shape index (κ1) is 22.4. The summed E-state index contributed by atoms with van der Waals surface area (Å²) in [4.78, 5) is 25.5. The van der Waals surface area contributed by atoms with Crippen molar-refractivity contribution in [2.45, 2.75) is 59.7 Å². The third-order valence-electron chi connectivity index (χ3n) is 4.16. The van der Waals surface area contributed by atoms with Gasteiger partial charge >= 0.3 is 0 Å². The van der Waals surface area contributed by atoms with Gasteiger partial charge in [0.2, 0.25) is 11.8 Å². The van der Waals surface area contributed by atoms with Gasteiger partial charge in [-0.2, -0.15) is 0 Å². The van der Waals surface area contributed by atoms with Crippen LogP contribution in [0.1, 0.15) is 46.6 Å². The van der Waals surface area contributed by atoms with Gasteiger partial charge < -0.3 is 16.0 Å². The number of amides is 2. The van der Waals surface area contributed by atoms with E-state index in [0.29, 0.717) is 6.54 Å². The highest BCUT2D eigenvalue weighted by atomic mass is 35.5. The SMILES string of the molecule is CCC(C)C(N)C(=O)Nc1ccc(CN(C(C)=O)C(C)C)cc1.Cl. The number of nitrogens with two attached hydrogens (primary N) is 1. The lowest BCUT2D eigenvalue weighted by molar-refractivity contribution is -0.131. The molecule has 24 heavy (non-hydrogen) atoms. The summed E-state index contributed by atoms with van der Waals surface area (Å²) in [5, 5.41) is 2.84. The molecule has 0 aromatic heterocycles. The lowest BCUT2D eigenvalue weighted by Gasteiger charge is -2.25. The van der Waals surface area contributed by atoms with Crippen LogP contribution in [-0.4, -0.2) is 28.8 Å². The molecule has 1 aromatic rings. The number of halogens is 1. The van der Waals surface area contributed by atoms with Crippen molar-refractivity contribution < 1.29 is 9.59 Å². The summed E-state index contributed by atoms with van der Waals surface area (Å²) in [6.07, 6.45) is 0.865. The predicted molar refractivity (Wildman–Crippen MR) is 101 cm³/mol. The van der Waals surface area contributed by atoms with Crippen molar-refractivity contribution in [3.05, 3.63) is 29.8 Å². The summed E-state index contributed by atoms with van der Waals surface area (Å²) in [5.41, 5.74) is 7.67. The highest BCUT2D eigenvalue weighted by Gasteiger charge is 2.19. The average molecular weight is 356 g/mol. The maximum atomic E-state index is 12.1. The third kappa shape index (κ3) is 6.49. The summed E-state index contributed by atoms with van der Waals surface area (Å²) in [5.74, 6) is 0.0287. The minimum atomic E-state index is -0.506. The molecular formula is C18H30ClN3O2. The molecular weight excluding hydrogens is 326 g/mol. The van der Waals surface area contributed by atoms with Crippen LogP contribution in [0.4, 0.5) is 5.69 Å². The van der Waals surface area contributed by atoms with E-state index in [4.69, 9.17) is 5.73 Å². The van der Waals surface area contributed by atoms with Gasteiger partial charge in [-0.3, -0.25) is 9.59 Å². The highest BCUT2D eigenvalue weighted by Crippen LogP contribution is 2.14. The first-order valence-corrected chi connectivity index (χ1v) is 8.18. The van der Waals surface area contributed by atoms with Gasteiger partial charge in [-0.1, -0.05) is 32.4 Å². The topological polar surface area (TPSA) is 75.4 Å². The standard InChI is InChI=1S/C18H29N3O2.ClH/c1-6-13(4)17(19)18(23)20-16-9-7-15(8-10-16)11-21(12(2)3)14(5)22;/h7-10,12-13,17H,6,11,19H2,1-5H3,(H,20,23);1H. The number of rotatable bonds is 7. The fourth-order valence-corrected chi connectivity index (χ4v) is 2.29. The molecule has 2 unspecified atom stereocenters. The van der Waals surface area contributed by atoms with Crippen LogP contribution >= 0.6 is 12.4 Å². The third-order valence-corrected chi connectivity index (χ3v) is 4.16. The van der Waals surface area contributed by atoms with Gasteiger partial charge in [-0.15, -0.1) is 12.4 Å². The van der Waals surface area contributed by atoms with E-state index in [1.165, 1.54) is 0 Å². The van der Waals surface area contributed by atoms with Crippen LogP contribution in [0.5, 0.6) is 0 Å². The van der Waals surface area contributed by atoms with E-state index >= 15 is 0 Å². The van der Waals surface area contributed by atoms with Gasteiger partial charge in [0, 0.05) is 25.2 Å². The molecule has 0 saturated carbocycles. The average Bonchev–Trinajstić information content (AvgIpc) is 2.51. The van der Waals surface area contributed by atoms with Crippen molar-refractivity contribution >= 4 is 29.9 Å². The molecule has 2 amide bonds. The maximum Gasteiger partial charge on any atom is 0.241 e. The van der Waals surface area contributed by atoms with Crippen LogP contribution in [0, 0.1) is 5.92 Å². The minimum Gasteiger partial charge on any atom is -0.336 e. The molecule has 0 aliphatic rings. The predicted octanol–water partition coefficient (Wildman–Crippen LogP) is 3.18. The molecule has 3 N–H and O–H groups in total. The van der Waals surface area contributed by atoms with E-state index in [1.54, 1.807) is 11.8 Å². The van der Waals surface area contributed by atoms with Crippen molar-refractivity contribution in [2.75, 3.05) is 5.32 Å². The van der Waals surface area contributed by atoms with Crippen molar-refractivity contribution in [1.82, 2.24) is 4.90 Å². The summed E-state index contributed by atoms with van der Waals surface area (Å²) < 4.78 is 0. The number of carbonyl (C=O) groups excluding carboxylic acids is 2. The Balaban J connectivity index is 0.00000529. The largest absolute Gasteiger partial charge is 0.336 e. The molecule has 6 heteroatoms. The molecule has 136 valence electrons. The normalized spacial score (nSPS) is 13.0. The van der Waals surface area contributed by atoms with Crippen LogP contribution in [0.3, 0.4) is 0 Å². The van der Waals surface area contributed by atoms with Gasteiger partial charge in [0.15, 0.2) is 0 Å². The van der Waals surface area contributed by atoms with E-state index in [9.17, 15) is 9.59 Å². The fraction of sp³-hybridized carbons (Fsp3) is 0.556. The van der Waals surface area contributed by atoms with Crippen LogP contribution < -0.4 is 11.1 Å². The number of benzene rings is 1. The number of nitrogens with zero attached hydrogens (tertiary/aromatic N) is 1. The second kappa shape index (κ2) is 10.3. The molecule has 2 atom stereocenters. The number of hydrogen-bond acceptors (Lipinski definition) is 3. The molecule has 5 nitrogen and oxygen atoms in total. The fourth-order valence-electron chi connectivity index (χ4n) is 2.29. The Bertz CT molecular complexity index is 532. The molecule has 0 radical (unpaired) electrons. The van der Waals surface area contributed by atoms with Gasteiger partial charge in [0.05, 0.1) is 6.04 Å². The second-order valence-electron chi connectivity index (χ2n) is 6.34. The zero-order chi connectivity index (χ0) is 17.6. The van der Waals surface area contributed by atoms with Crippen LogP contribution in [0.2, 0.25) is 0 Å². The van der Waals surface area contributed by atoms with Crippen LogP contribution in [0.15, 0.2) is 24.3 Å². The lowest BCUT2D eigenvalue weighted by atomic mass is 9.99. The molecule has 0 aliphatic heterocycles. The van der Waals surface area contributed by atoms with Gasteiger partial charge in [-0.05, 0) is 37.5 Å². The Kier molecular flexibility index (Phi) is 9.63. The molecule has 0 bridgehead atoms. The summed E-state index contributed by atoms with van der Waals surface area (Å²) in [6.45, 7) is 10.1. The summed E-state index contributed by atoms with van der Waals surface area (Å²) in [7, 11) is 0. The first-order valence-electron chi connectivity index (χ1n) is 8.18. The maximum absolute atomic E-state index is 12.1. The van der Waals surface area contributed by atoms with Gasteiger partial charge in [0.25, 0.3) is 0 Å². The molecule has 0 aliphatic carbocycles. The molecule has 0 saturated heterocycles. The van der Waals surface area contributed by atoms with Gasteiger partial charge in [-0.25, -0.2) is 0 Å². The van der Waals surface area contributed by atoms with Crippen molar-refractivity contribution in [3.8, 4) is 0 Å². The van der Waals surface area contributed by atoms with Crippen LogP contribution in [0.25, 0.3) is 0 Å². The zero-order valence-electron chi connectivity index (χ0n) is 15.2. The minimum absolute atomic E-state index is 0. The smallest absolute Gasteiger partial charge is 0.241 e. The quantitative estimate of drug-likeness (QED) is 0.788.